The van der Waals surface area contributed by atoms with E-state index in [9.17, 15) is 10.1 Å². The number of hydrogen-bond donors (Lipinski definition) is 0. The summed E-state index contributed by atoms with van der Waals surface area (Å²) in [4.78, 5) is 10.2. The summed E-state index contributed by atoms with van der Waals surface area (Å²) in [6, 6.07) is 8.22. The Bertz CT molecular complexity index is 774. The number of aryl methyl sites for hydroxylation is 1. The molecule has 3 aromatic rings. The molecule has 0 saturated carbocycles. The second kappa shape index (κ2) is 5.20. The number of nitro groups is 1. The number of aromatic nitrogens is 3. The van der Waals surface area contributed by atoms with E-state index in [1.807, 2.05) is 19.2 Å². The molecule has 0 radical (unpaired) electrons. The summed E-state index contributed by atoms with van der Waals surface area (Å²) in [6.07, 6.45) is 3.57. The fourth-order valence-electron chi connectivity index (χ4n) is 2.03. The molecule has 0 spiro atoms. The highest BCUT2D eigenvalue weighted by molar-refractivity contribution is 5.63. The topological polar surface area (TPSA) is 87.0 Å². The minimum absolute atomic E-state index is 0.0725. The quantitative estimate of drug-likeness (QED) is 0.543. The van der Waals surface area contributed by atoms with Gasteiger partial charge < -0.3 is 4.52 Å². The van der Waals surface area contributed by atoms with Crippen molar-refractivity contribution in [3.8, 4) is 11.1 Å². The maximum absolute atomic E-state index is 10.6. The second-order valence-corrected chi connectivity index (χ2v) is 4.67. The van der Waals surface area contributed by atoms with Crippen LogP contribution in [0.4, 0.5) is 5.69 Å². The molecule has 1 aromatic carbocycles. The second-order valence-electron chi connectivity index (χ2n) is 4.67. The summed E-state index contributed by atoms with van der Waals surface area (Å²) in [5.74, 6) is 0.728. The van der Waals surface area contributed by atoms with Gasteiger partial charge in [0.25, 0.3) is 5.69 Å². The standard InChI is InChI=1S/C14H12N4O3/c1-10-6-14(21-16-10)9-17-8-12(7-15-17)11-2-4-13(5-3-11)18(19)20/h2-8H,9H2,1H3. The van der Waals surface area contributed by atoms with E-state index in [0.717, 1.165) is 22.6 Å². The predicted molar refractivity (Wildman–Crippen MR) is 74.7 cm³/mol. The van der Waals surface area contributed by atoms with Gasteiger partial charge in [-0.1, -0.05) is 5.16 Å². The van der Waals surface area contributed by atoms with Crippen LogP contribution in [0.25, 0.3) is 11.1 Å². The number of nitro benzene ring substituents is 1. The van der Waals surface area contributed by atoms with Gasteiger partial charge in [-0.3, -0.25) is 14.8 Å². The molecule has 21 heavy (non-hydrogen) atoms. The largest absolute Gasteiger partial charge is 0.359 e. The van der Waals surface area contributed by atoms with Gasteiger partial charge in [-0.05, 0) is 24.6 Å². The summed E-state index contributed by atoms with van der Waals surface area (Å²) in [7, 11) is 0. The molecule has 0 aliphatic heterocycles. The van der Waals surface area contributed by atoms with Crippen LogP contribution in [0, 0.1) is 17.0 Å². The van der Waals surface area contributed by atoms with Gasteiger partial charge in [0.2, 0.25) is 0 Å². The van der Waals surface area contributed by atoms with Crippen LogP contribution in [0.1, 0.15) is 11.5 Å². The maximum atomic E-state index is 10.6. The lowest BCUT2D eigenvalue weighted by molar-refractivity contribution is -0.384. The van der Waals surface area contributed by atoms with Gasteiger partial charge in [-0.2, -0.15) is 5.10 Å². The average Bonchev–Trinajstić information content (AvgIpc) is 3.09. The third kappa shape index (κ3) is 2.81. The van der Waals surface area contributed by atoms with Crippen LogP contribution in [0.15, 0.2) is 47.2 Å². The number of non-ortho nitro benzene ring substituents is 1. The number of hydrogen-bond acceptors (Lipinski definition) is 5. The van der Waals surface area contributed by atoms with E-state index >= 15 is 0 Å². The number of rotatable bonds is 4. The minimum atomic E-state index is -0.417. The third-order valence-electron chi connectivity index (χ3n) is 3.04. The fourth-order valence-corrected chi connectivity index (χ4v) is 2.03. The molecule has 106 valence electrons. The van der Waals surface area contributed by atoms with Crippen LogP contribution < -0.4 is 0 Å². The predicted octanol–water partition coefficient (Wildman–Crippen LogP) is 2.80. The summed E-state index contributed by atoms with van der Waals surface area (Å²) < 4.78 is 6.87. The molecule has 0 unspecified atom stereocenters. The summed E-state index contributed by atoms with van der Waals surface area (Å²) in [5.41, 5.74) is 2.66. The molecule has 0 aliphatic carbocycles. The molecule has 2 heterocycles. The Morgan fingerprint density at radius 3 is 2.67 bits per heavy atom. The first-order valence-corrected chi connectivity index (χ1v) is 6.31. The van der Waals surface area contributed by atoms with Gasteiger partial charge in [0.15, 0.2) is 5.76 Å². The van der Waals surface area contributed by atoms with Gasteiger partial charge in [-0.15, -0.1) is 0 Å². The maximum Gasteiger partial charge on any atom is 0.269 e. The normalized spacial score (nSPS) is 10.7. The van der Waals surface area contributed by atoms with Crippen molar-refractivity contribution in [2.45, 2.75) is 13.5 Å². The Morgan fingerprint density at radius 1 is 1.29 bits per heavy atom. The Hall–Kier alpha value is -2.96. The highest BCUT2D eigenvalue weighted by Gasteiger charge is 2.08. The monoisotopic (exact) mass is 284 g/mol. The minimum Gasteiger partial charge on any atom is -0.359 e. The van der Waals surface area contributed by atoms with E-state index in [0.29, 0.717) is 6.54 Å². The highest BCUT2D eigenvalue weighted by Crippen LogP contribution is 2.22. The van der Waals surface area contributed by atoms with E-state index in [-0.39, 0.29) is 5.69 Å². The summed E-state index contributed by atoms with van der Waals surface area (Å²) >= 11 is 0. The Labute approximate surface area is 120 Å². The van der Waals surface area contributed by atoms with E-state index in [2.05, 4.69) is 10.3 Å². The third-order valence-corrected chi connectivity index (χ3v) is 3.04. The van der Waals surface area contributed by atoms with Crippen molar-refractivity contribution in [1.82, 2.24) is 14.9 Å². The van der Waals surface area contributed by atoms with Crippen LogP contribution in [-0.4, -0.2) is 19.9 Å². The lowest BCUT2D eigenvalue weighted by atomic mass is 10.1. The zero-order valence-corrected chi connectivity index (χ0v) is 11.3. The van der Waals surface area contributed by atoms with Crippen molar-refractivity contribution in [1.29, 1.82) is 0 Å². The van der Waals surface area contributed by atoms with Gasteiger partial charge in [-0.25, -0.2) is 0 Å². The van der Waals surface area contributed by atoms with Gasteiger partial charge in [0, 0.05) is 30.0 Å². The van der Waals surface area contributed by atoms with Crippen molar-refractivity contribution in [3.63, 3.8) is 0 Å². The molecule has 7 nitrogen and oxygen atoms in total. The molecule has 0 N–H and O–H groups in total. The molecule has 0 bridgehead atoms. The van der Waals surface area contributed by atoms with Crippen molar-refractivity contribution in [2.75, 3.05) is 0 Å². The van der Waals surface area contributed by atoms with Crippen LogP contribution in [0.2, 0.25) is 0 Å². The SMILES string of the molecule is Cc1cc(Cn2cc(-c3ccc([N+](=O)[O-])cc3)cn2)on1. The first-order valence-electron chi connectivity index (χ1n) is 6.31. The van der Waals surface area contributed by atoms with E-state index < -0.39 is 4.92 Å². The van der Waals surface area contributed by atoms with Crippen molar-refractivity contribution < 1.29 is 9.45 Å². The number of benzene rings is 1. The lowest BCUT2D eigenvalue weighted by Crippen LogP contribution is -1.98. The molecular weight excluding hydrogens is 272 g/mol. The zero-order valence-electron chi connectivity index (χ0n) is 11.3. The first-order chi connectivity index (χ1) is 10.1. The van der Waals surface area contributed by atoms with E-state index in [1.165, 1.54) is 12.1 Å². The summed E-state index contributed by atoms with van der Waals surface area (Å²) in [6.45, 7) is 2.35. The highest BCUT2D eigenvalue weighted by atomic mass is 16.6. The molecule has 3 rings (SSSR count). The van der Waals surface area contributed by atoms with Crippen molar-refractivity contribution >= 4 is 5.69 Å². The molecule has 0 fully saturated rings. The van der Waals surface area contributed by atoms with Gasteiger partial charge in [0.1, 0.15) is 6.54 Å². The van der Waals surface area contributed by atoms with E-state index in [4.69, 9.17) is 4.52 Å². The fraction of sp³-hybridized carbons (Fsp3) is 0.143. The molecule has 7 heteroatoms. The van der Waals surface area contributed by atoms with Crippen LogP contribution >= 0.6 is 0 Å². The molecule has 0 aliphatic rings. The van der Waals surface area contributed by atoms with Crippen molar-refractivity contribution in [2.24, 2.45) is 0 Å². The first kappa shape index (κ1) is 13.0. The zero-order chi connectivity index (χ0) is 14.8. The molecular formula is C14H12N4O3. The van der Waals surface area contributed by atoms with Crippen LogP contribution in [0.3, 0.4) is 0 Å². The van der Waals surface area contributed by atoms with Crippen molar-refractivity contribution in [3.05, 3.63) is 64.3 Å². The Morgan fingerprint density at radius 2 is 2.05 bits per heavy atom. The Balaban J connectivity index is 1.79. The molecule has 0 saturated heterocycles. The van der Waals surface area contributed by atoms with Gasteiger partial charge >= 0.3 is 0 Å². The van der Waals surface area contributed by atoms with Crippen LogP contribution in [0.5, 0.6) is 0 Å². The molecule has 0 atom stereocenters. The smallest absolute Gasteiger partial charge is 0.269 e. The van der Waals surface area contributed by atoms with Gasteiger partial charge in [0.05, 0.1) is 16.8 Å². The summed E-state index contributed by atoms with van der Waals surface area (Å²) in [5, 5.41) is 18.7. The molecule has 0 amide bonds. The van der Waals surface area contributed by atoms with Crippen LogP contribution in [-0.2, 0) is 6.54 Å². The number of nitrogens with zero attached hydrogens (tertiary/aromatic N) is 4. The molecule has 2 aromatic heterocycles. The average molecular weight is 284 g/mol. The Kier molecular flexibility index (Phi) is 3.23. The lowest BCUT2D eigenvalue weighted by Gasteiger charge is -1.97. The van der Waals surface area contributed by atoms with E-state index in [1.54, 1.807) is 23.0 Å².